The number of hydrogen-bond donors (Lipinski definition) is 4. The molecule has 0 aliphatic rings. The smallest absolute Gasteiger partial charge is 0.247 e. The molecule has 0 spiro atoms. The average molecular weight is 405 g/mol. The summed E-state index contributed by atoms with van der Waals surface area (Å²) < 4.78 is 2.14. The van der Waals surface area contributed by atoms with E-state index in [1.807, 2.05) is 38.1 Å². The Balaban J connectivity index is 2.06. The molecular formula is C24H27N3O3. The fourth-order valence-corrected chi connectivity index (χ4v) is 3.68. The topological polar surface area (TPSA) is 86.5 Å². The van der Waals surface area contributed by atoms with E-state index in [1.165, 1.54) is 0 Å². The van der Waals surface area contributed by atoms with Crippen molar-refractivity contribution in [1.29, 1.82) is 0 Å². The van der Waals surface area contributed by atoms with Gasteiger partial charge in [0.05, 0.1) is 11.9 Å². The maximum absolute atomic E-state index is 11.7. The van der Waals surface area contributed by atoms with Crippen molar-refractivity contribution in [3.63, 3.8) is 0 Å². The minimum absolute atomic E-state index is 0.102. The molecule has 156 valence electrons. The molecule has 6 nitrogen and oxygen atoms in total. The number of benzene rings is 2. The summed E-state index contributed by atoms with van der Waals surface area (Å²) in [6.07, 6.45) is 5.48. The zero-order chi connectivity index (χ0) is 21.7. The van der Waals surface area contributed by atoms with Gasteiger partial charge in [-0.05, 0) is 67.2 Å². The third kappa shape index (κ3) is 4.45. The van der Waals surface area contributed by atoms with Crippen LogP contribution in [0.3, 0.4) is 0 Å². The molecule has 1 aromatic heterocycles. The van der Waals surface area contributed by atoms with E-state index in [1.54, 1.807) is 5.48 Å². The van der Waals surface area contributed by atoms with Crippen LogP contribution >= 0.6 is 0 Å². The van der Waals surface area contributed by atoms with Crippen LogP contribution in [0.15, 0.2) is 67.0 Å². The zero-order valence-electron chi connectivity index (χ0n) is 17.3. The van der Waals surface area contributed by atoms with E-state index in [-0.39, 0.29) is 6.42 Å². The molecule has 0 unspecified atom stereocenters. The zero-order valence-corrected chi connectivity index (χ0v) is 17.3. The molecule has 2 aromatic carbocycles. The normalized spacial score (nSPS) is 11.5. The van der Waals surface area contributed by atoms with E-state index in [0.717, 1.165) is 45.3 Å². The number of para-hydroxylation sites is 1. The van der Waals surface area contributed by atoms with Gasteiger partial charge in [-0.1, -0.05) is 36.9 Å². The fraction of sp³-hybridized carbons (Fsp3) is 0.208. The van der Waals surface area contributed by atoms with E-state index < -0.39 is 5.91 Å². The molecule has 0 aliphatic heterocycles. The first-order valence-electron chi connectivity index (χ1n) is 9.84. The maximum Gasteiger partial charge on any atom is 0.247 e. The molecule has 0 atom stereocenters. The van der Waals surface area contributed by atoms with E-state index in [0.29, 0.717) is 12.1 Å². The molecule has 6 heteroatoms. The fourth-order valence-electron chi connectivity index (χ4n) is 3.68. The second kappa shape index (κ2) is 9.43. The third-order valence-electron chi connectivity index (χ3n) is 5.32. The van der Waals surface area contributed by atoms with Crippen molar-refractivity contribution in [3.05, 3.63) is 83.7 Å². The monoisotopic (exact) mass is 405 g/mol. The van der Waals surface area contributed by atoms with E-state index in [2.05, 4.69) is 47.1 Å². The van der Waals surface area contributed by atoms with Crippen LogP contribution in [0.2, 0.25) is 0 Å². The summed E-state index contributed by atoms with van der Waals surface area (Å²) in [7, 11) is 0. The van der Waals surface area contributed by atoms with Crippen LogP contribution in [0.5, 0.6) is 0 Å². The van der Waals surface area contributed by atoms with Gasteiger partial charge in [-0.15, -0.1) is 0 Å². The van der Waals surface area contributed by atoms with Gasteiger partial charge in [0, 0.05) is 23.0 Å². The summed E-state index contributed by atoms with van der Waals surface area (Å²) in [5.41, 5.74) is 10.5. The lowest BCUT2D eigenvalue weighted by molar-refractivity contribution is -0.128. The number of hydroxylamine groups is 2. The van der Waals surface area contributed by atoms with Crippen LogP contribution in [0, 0.1) is 6.92 Å². The largest absolute Gasteiger partial charge is 0.316 e. The summed E-state index contributed by atoms with van der Waals surface area (Å²) >= 11 is 0. The lowest BCUT2D eigenvalue weighted by atomic mass is 9.97. The summed E-state index contributed by atoms with van der Waals surface area (Å²) in [6.45, 7) is 7.68. The Morgan fingerprint density at radius 1 is 1.17 bits per heavy atom. The number of aryl methyl sites for hydroxylation is 2. The molecule has 3 aromatic rings. The number of nitrogens with one attached hydrogen (secondary N) is 2. The highest BCUT2D eigenvalue weighted by Gasteiger charge is 2.14. The Bertz CT molecular complexity index is 1110. The van der Waals surface area contributed by atoms with Crippen LogP contribution in [0.4, 0.5) is 0 Å². The number of carbonyl (C=O) groups is 1. The highest BCUT2D eigenvalue weighted by Crippen LogP contribution is 2.30. The van der Waals surface area contributed by atoms with E-state index in [9.17, 15) is 4.79 Å². The van der Waals surface area contributed by atoms with Crippen LogP contribution in [-0.4, -0.2) is 20.9 Å². The predicted octanol–water partition coefficient (Wildman–Crippen LogP) is 4.66. The molecule has 1 amide bonds. The van der Waals surface area contributed by atoms with Crippen LogP contribution in [0.1, 0.15) is 36.5 Å². The summed E-state index contributed by atoms with van der Waals surface area (Å²) in [5, 5.41) is 19.1. The molecule has 0 saturated carbocycles. The molecular weight excluding hydrogens is 378 g/mol. The summed E-state index contributed by atoms with van der Waals surface area (Å²) in [5.74, 6) is -0.445. The summed E-state index contributed by atoms with van der Waals surface area (Å²) in [6, 6.07) is 14.4. The highest BCUT2D eigenvalue weighted by molar-refractivity contribution is 5.89. The number of hydrogen-bond acceptors (Lipinski definition) is 4. The van der Waals surface area contributed by atoms with Crippen molar-refractivity contribution < 1.29 is 15.2 Å². The van der Waals surface area contributed by atoms with Gasteiger partial charge in [-0.3, -0.25) is 20.7 Å². The molecule has 0 fully saturated rings. The lowest BCUT2D eigenvalue weighted by Gasteiger charge is -2.13. The number of rotatable bonds is 8. The number of fused-ring (bicyclic) bond motifs is 1. The Morgan fingerprint density at radius 2 is 1.93 bits per heavy atom. The van der Waals surface area contributed by atoms with E-state index >= 15 is 0 Å². The van der Waals surface area contributed by atoms with E-state index in [4.69, 9.17) is 10.4 Å². The molecule has 0 aliphatic carbocycles. The minimum atomic E-state index is -0.445. The van der Waals surface area contributed by atoms with Crippen molar-refractivity contribution in [2.24, 2.45) is 0 Å². The van der Waals surface area contributed by atoms with Crippen molar-refractivity contribution in [1.82, 2.24) is 15.5 Å². The number of nitrogens with zero attached hydrogens (tertiary/aromatic N) is 1. The van der Waals surface area contributed by atoms with Crippen LogP contribution < -0.4 is 11.0 Å². The molecule has 3 rings (SSSR count). The third-order valence-corrected chi connectivity index (χ3v) is 5.32. The van der Waals surface area contributed by atoms with Gasteiger partial charge < -0.3 is 4.57 Å². The van der Waals surface area contributed by atoms with Gasteiger partial charge in [-0.25, -0.2) is 5.48 Å². The molecule has 4 N–H and O–H groups in total. The molecule has 30 heavy (non-hydrogen) atoms. The molecule has 0 bridgehead atoms. The molecule has 0 radical (unpaired) electrons. The van der Waals surface area contributed by atoms with Gasteiger partial charge in [0.15, 0.2) is 0 Å². The first kappa shape index (κ1) is 21.4. The van der Waals surface area contributed by atoms with Gasteiger partial charge in [0.2, 0.25) is 5.91 Å². The van der Waals surface area contributed by atoms with Crippen molar-refractivity contribution in [2.75, 3.05) is 0 Å². The Hall–Kier alpha value is -3.35. The van der Waals surface area contributed by atoms with Crippen LogP contribution in [0.25, 0.3) is 22.2 Å². The van der Waals surface area contributed by atoms with Gasteiger partial charge in [0.25, 0.3) is 0 Å². The minimum Gasteiger partial charge on any atom is -0.316 e. The Morgan fingerprint density at radius 3 is 2.63 bits per heavy atom. The first-order chi connectivity index (χ1) is 14.5. The van der Waals surface area contributed by atoms with Gasteiger partial charge >= 0.3 is 0 Å². The highest BCUT2D eigenvalue weighted by atomic mass is 16.5. The number of allylic oxidation sites excluding steroid dienone is 2. The average Bonchev–Trinajstić information content (AvgIpc) is 3.15. The molecule has 0 saturated heterocycles. The molecule has 1 heterocycles. The second-order valence-corrected chi connectivity index (χ2v) is 7.28. The van der Waals surface area contributed by atoms with Gasteiger partial charge in [0.1, 0.15) is 0 Å². The maximum atomic E-state index is 11.7. The Kier molecular flexibility index (Phi) is 6.72. The number of aromatic nitrogens is 1. The SMILES string of the molecule is C=C(CCc1cn(-c2ccc(C)c(/C(=C\C)CC(=O)NO)c2)c2ccccc12)NO. The van der Waals surface area contributed by atoms with Crippen molar-refractivity contribution in [3.8, 4) is 5.69 Å². The summed E-state index contributed by atoms with van der Waals surface area (Å²) in [4.78, 5) is 11.7. The van der Waals surface area contributed by atoms with Crippen LogP contribution in [-0.2, 0) is 11.2 Å². The van der Waals surface area contributed by atoms with Crippen molar-refractivity contribution >= 4 is 22.4 Å². The van der Waals surface area contributed by atoms with Gasteiger partial charge in [-0.2, -0.15) is 0 Å². The second-order valence-electron chi connectivity index (χ2n) is 7.28. The first-order valence-corrected chi connectivity index (χ1v) is 9.84. The standard InChI is InChI=1S/C24H27N3O3/c1-4-18(13-24(28)26-30)22-14-20(12-9-16(22)2)27-15-19(11-10-17(3)25-29)21-7-5-6-8-23(21)27/h4-9,12,14-15,25,29-30H,3,10-11,13H2,1-2H3,(H,26,28)/b18-4-. The number of amides is 1. The quantitative estimate of drug-likeness (QED) is 0.324. The predicted molar refractivity (Wildman–Crippen MR) is 119 cm³/mol. The Labute approximate surface area is 176 Å². The van der Waals surface area contributed by atoms with Crippen molar-refractivity contribution in [2.45, 2.75) is 33.1 Å². The lowest BCUT2D eigenvalue weighted by Crippen LogP contribution is -2.18. The number of carbonyl (C=O) groups excluding carboxylic acids is 1.